The highest BCUT2D eigenvalue weighted by molar-refractivity contribution is 5.90. The number of aryl methyl sites for hydroxylation is 2. The zero-order chi connectivity index (χ0) is 27.4. The number of piperidine rings is 2. The van der Waals surface area contributed by atoms with Gasteiger partial charge in [0, 0.05) is 49.9 Å². The summed E-state index contributed by atoms with van der Waals surface area (Å²) in [6.45, 7) is 7.00. The molecule has 208 valence electrons. The smallest absolute Gasteiger partial charge is 0.319 e. The summed E-state index contributed by atoms with van der Waals surface area (Å²) in [5.41, 5.74) is 3.79. The predicted molar refractivity (Wildman–Crippen MR) is 150 cm³/mol. The van der Waals surface area contributed by atoms with E-state index in [-0.39, 0.29) is 17.9 Å². The Morgan fingerprint density at radius 1 is 1.08 bits per heavy atom. The van der Waals surface area contributed by atoms with Gasteiger partial charge in [0.15, 0.2) is 5.82 Å². The molecule has 2 N–H and O–H groups in total. The van der Waals surface area contributed by atoms with Crippen molar-refractivity contribution in [2.75, 3.05) is 45.1 Å². The quantitative estimate of drug-likeness (QED) is 0.480. The van der Waals surface area contributed by atoms with Crippen LogP contribution in [0.15, 0.2) is 42.5 Å². The van der Waals surface area contributed by atoms with Crippen molar-refractivity contribution in [2.24, 2.45) is 18.9 Å². The van der Waals surface area contributed by atoms with Gasteiger partial charge in [-0.25, -0.2) is 13.9 Å². The van der Waals surface area contributed by atoms with Crippen molar-refractivity contribution in [3.8, 4) is 11.4 Å². The predicted octanol–water partition coefficient (Wildman–Crippen LogP) is 3.72. The number of amides is 2. The van der Waals surface area contributed by atoms with Crippen LogP contribution in [-0.2, 0) is 13.5 Å². The fourth-order valence-electron chi connectivity index (χ4n) is 6.15. The summed E-state index contributed by atoms with van der Waals surface area (Å²) in [4.78, 5) is 18.1. The number of carbonyl (C=O) groups is 1. The summed E-state index contributed by atoms with van der Waals surface area (Å²) in [5.74, 6) is 1.38. The first-order chi connectivity index (χ1) is 18.8. The van der Waals surface area contributed by atoms with Crippen LogP contribution in [0.3, 0.4) is 0 Å². The van der Waals surface area contributed by atoms with Crippen LogP contribution >= 0.6 is 0 Å². The summed E-state index contributed by atoms with van der Waals surface area (Å²) in [7, 11) is 3.96. The maximum Gasteiger partial charge on any atom is 0.319 e. The Bertz CT molecular complexity index is 1260. The standard InChI is InChI=1S/C29H39FN8O/c1-20-13-23(28-33-34-35-37(28)3)16-26(14-20)31-29(39)32-27-10-12-36(2)18-24(27)19-38-11-4-5-22(17-38)15-21-6-8-25(30)9-7-21/h6-9,13-14,16,22,24,27H,4-5,10-12,15,17-19H2,1-3H3,(H2,31,32,39)/t22?,24-,27+/m0/s1. The number of benzene rings is 2. The molecule has 3 atom stereocenters. The monoisotopic (exact) mass is 534 g/mol. The first-order valence-electron chi connectivity index (χ1n) is 13.9. The van der Waals surface area contributed by atoms with Gasteiger partial charge >= 0.3 is 6.03 Å². The SMILES string of the molecule is Cc1cc(NC(=O)N[C@@H]2CCN(C)C[C@H]2CN2CCCC(Cc3ccc(F)cc3)C2)cc(-c2nnnn2C)c1. The Balaban J connectivity index is 1.20. The lowest BCUT2D eigenvalue weighted by atomic mass is 9.88. The number of tetrazole rings is 1. The molecular formula is C29H39FN8O. The van der Waals surface area contributed by atoms with Crippen LogP contribution in [0.1, 0.15) is 30.4 Å². The molecule has 0 saturated carbocycles. The van der Waals surface area contributed by atoms with Gasteiger partial charge in [0.1, 0.15) is 5.82 Å². The van der Waals surface area contributed by atoms with E-state index in [1.165, 1.54) is 18.4 Å². The molecule has 2 aliphatic heterocycles. The van der Waals surface area contributed by atoms with E-state index in [0.29, 0.717) is 17.7 Å². The molecule has 5 rings (SSSR count). The van der Waals surface area contributed by atoms with Crippen LogP contribution < -0.4 is 10.6 Å². The average Bonchev–Trinajstić information content (AvgIpc) is 3.33. The summed E-state index contributed by atoms with van der Waals surface area (Å²) < 4.78 is 14.9. The third kappa shape index (κ3) is 7.19. The van der Waals surface area contributed by atoms with Gasteiger partial charge in [-0.1, -0.05) is 12.1 Å². The molecule has 3 aromatic rings. The molecule has 1 unspecified atom stereocenters. The van der Waals surface area contributed by atoms with Crippen LogP contribution in [0, 0.1) is 24.6 Å². The highest BCUT2D eigenvalue weighted by atomic mass is 19.1. The number of carbonyl (C=O) groups excluding carboxylic acids is 1. The lowest BCUT2D eigenvalue weighted by molar-refractivity contribution is 0.0958. The van der Waals surface area contributed by atoms with E-state index in [0.717, 1.165) is 62.4 Å². The van der Waals surface area contributed by atoms with Crippen molar-refractivity contribution in [3.63, 3.8) is 0 Å². The summed E-state index contributed by atoms with van der Waals surface area (Å²) >= 11 is 0. The lowest BCUT2D eigenvalue weighted by Gasteiger charge is -2.41. The highest BCUT2D eigenvalue weighted by Gasteiger charge is 2.32. The zero-order valence-corrected chi connectivity index (χ0v) is 23.1. The maximum absolute atomic E-state index is 13.3. The number of aromatic nitrogens is 4. The third-order valence-corrected chi connectivity index (χ3v) is 8.00. The Labute approximate surface area is 229 Å². The Kier molecular flexibility index (Phi) is 8.52. The molecule has 2 fully saturated rings. The number of hydrogen-bond acceptors (Lipinski definition) is 6. The minimum absolute atomic E-state index is 0.103. The van der Waals surface area contributed by atoms with E-state index in [9.17, 15) is 9.18 Å². The van der Waals surface area contributed by atoms with Crippen molar-refractivity contribution in [2.45, 2.75) is 38.6 Å². The molecule has 9 nitrogen and oxygen atoms in total. The summed E-state index contributed by atoms with van der Waals surface area (Å²) in [5, 5.41) is 18.1. The van der Waals surface area contributed by atoms with Crippen LogP contribution in [0.2, 0.25) is 0 Å². The lowest BCUT2D eigenvalue weighted by Crippen LogP contribution is -2.55. The van der Waals surface area contributed by atoms with E-state index < -0.39 is 0 Å². The van der Waals surface area contributed by atoms with Gasteiger partial charge in [-0.2, -0.15) is 0 Å². The molecular weight excluding hydrogens is 495 g/mol. The van der Waals surface area contributed by atoms with Crippen molar-refractivity contribution in [1.82, 2.24) is 35.3 Å². The van der Waals surface area contributed by atoms with Gasteiger partial charge in [-0.15, -0.1) is 5.10 Å². The van der Waals surface area contributed by atoms with Crippen molar-refractivity contribution < 1.29 is 9.18 Å². The number of hydrogen-bond donors (Lipinski definition) is 2. The molecule has 39 heavy (non-hydrogen) atoms. The third-order valence-electron chi connectivity index (χ3n) is 8.00. The fraction of sp³-hybridized carbons (Fsp3) is 0.517. The van der Waals surface area contributed by atoms with Crippen LogP contribution in [-0.4, -0.2) is 81.9 Å². The van der Waals surface area contributed by atoms with Gasteiger partial charge in [0.2, 0.25) is 0 Å². The number of rotatable bonds is 7. The number of urea groups is 1. The van der Waals surface area contributed by atoms with Crippen molar-refractivity contribution in [3.05, 3.63) is 59.4 Å². The first kappa shape index (κ1) is 27.2. The first-order valence-corrected chi connectivity index (χ1v) is 13.9. The summed E-state index contributed by atoms with van der Waals surface area (Å²) in [6.07, 6.45) is 4.27. The Morgan fingerprint density at radius 2 is 1.90 bits per heavy atom. The second-order valence-corrected chi connectivity index (χ2v) is 11.3. The van der Waals surface area contributed by atoms with Crippen LogP contribution in [0.4, 0.5) is 14.9 Å². The number of nitrogens with one attached hydrogen (secondary N) is 2. The van der Waals surface area contributed by atoms with Crippen LogP contribution in [0.5, 0.6) is 0 Å². The molecule has 1 aromatic heterocycles. The van der Waals surface area contributed by atoms with E-state index >= 15 is 0 Å². The molecule has 0 aliphatic carbocycles. The minimum atomic E-state index is -0.185. The van der Waals surface area contributed by atoms with Gasteiger partial charge in [-0.05, 0) is 111 Å². The van der Waals surface area contributed by atoms with Crippen molar-refractivity contribution in [1.29, 1.82) is 0 Å². The van der Waals surface area contributed by atoms with E-state index in [4.69, 9.17) is 0 Å². The van der Waals surface area contributed by atoms with E-state index in [2.05, 4.69) is 43.0 Å². The highest BCUT2D eigenvalue weighted by Crippen LogP contribution is 2.25. The molecule has 3 heterocycles. The van der Waals surface area contributed by atoms with E-state index in [1.54, 1.807) is 23.9 Å². The molecule has 0 radical (unpaired) electrons. The Morgan fingerprint density at radius 3 is 2.67 bits per heavy atom. The molecule has 10 heteroatoms. The van der Waals surface area contributed by atoms with E-state index in [1.807, 2.05) is 37.3 Å². The van der Waals surface area contributed by atoms with Gasteiger partial charge in [0.25, 0.3) is 0 Å². The molecule has 0 spiro atoms. The van der Waals surface area contributed by atoms with Crippen LogP contribution in [0.25, 0.3) is 11.4 Å². The number of anilines is 1. The van der Waals surface area contributed by atoms with Gasteiger partial charge in [0.05, 0.1) is 0 Å². The maximum atomic E-state index is 13.3. The molecule has 2 amide bonds. The average molecular weight is 535 g/mol. The molecule has 0 bridgehead atoms. The Hall–Kier alpha value is -3.37. The molecule has 2 aliphatic rings. The number of halogens is 1. The summed E-state index contributed by atoms with van der Waals surface area (Å²) in [6, 6.07) is 12.7. The molecule has 2 aromatic carbocycles. The fourth-order valence-corrected chi connectivity index (χ4v) is 6.15. The second-order valence-electron chi connectivity index (χ2n) is 11.3. The number of nitrogens with zero attached hydrogens (tertiary/aromatic N) is 6. The minimum Gasteiger partial charge on any atom is -0.335 e. The topological polar surface area (TPSA) is 91.2 Å². The number of likely N-dealkylation sites (tertiary alicyclic amines) is 2. The van der Waals surface area contributed by atoms with Crippen molar-refractivity contribution >= 4 is 11.7 Å². The largest absolute Gasteiger partial charge is 0.335 e. The van der Waals surface area contributed by atoms with Gasteiger partial charge in [-0.3, -0.25) is 0 Å². The second kappa shape index (κ2) is 12.2. The molecule has 2 saturated heterocycles. The zero-order valence-electron chi connectivity index (χ0n) is 23.1. The normalized spacial score (nSPS) is 22.5. The van der Waals surface area contributed by atoms with Gasteiger partial charge < -0.3 is 20.4 Å².